The summed E-state index contributed by atoms with van der Waals surface area (Å²) in [6.45, 7) is 7.99. The third-order valence-electron chi connectivity index (χ3n) is 3.83. The maximum Gasteiger partial charge on any atom is 0.262 e. The number of aryl methyl sites for hydroxylation is 1. The number of nitrogens with zero attached hydrogens (tertiary/aromatic N) is 2. The van der Waals surface area contributed by atoms with Crippen molar-refractivity contribution in [1.29, 1.82) is 0 Å². The molecular weight excluding hydrogens is 292 g/mol. The van der Waals surface area contributed by atoms with Crippen molar-refractivity contribution in [3.63, 3.8) is 0 Å². The minimum Gasteiger partial charge on any atom is -0.508 e. The van der Waals surface area contributed by atoms with Crippen molar-refractivity contribution >= 4 is 11.6 Å². The Bertz CT molecular complexity index is 726. The van der Waals surface area contributed by atoms with Gasteiger partial charge in [-0.1, -0.05) is 13.8 Å². The van der Waals surface area contributed by atoms with Gasteiger partial charge in [0.25, 0.3) is 5.91 Å². The van der Waals surface area contributed by atoms with Crippen LogP contribution in [-0.2, 0) is 0 Å². The highest BCUT2D eigenvalue weighted by molar-refractivity contribution is 6.08. The van der Waals surface area contributed by atoms with Crippen molar-refractivity contribution in [3.8, 4) is 11.5 Å². The molecule has 2 rings (SSSR count). The molecule has 1 aromatic heterocycles. The molecule has 1 amide bonds. The molecule has 0 aliphatic heterocycles. The van der Waals surface area contributed by atoms with Gasteiger partial charge in [-0.15, -0.1) is 0 Å². The van der Waals surface area contributed by atoms with E-state index in [0.29, 0.717) is 17.8 Å². The largest absolute Gasteiger partial charge is 0.508 e. The molecule has 1 aromatic carbocycles. The van der Waals surface area contributed by atoms with Crippen LogP contribution >= 0.6 is 0 Å². The van der Waals surface area contributed by atoms with E-state index in [1.54, 1.807) is 23.2 Å². The molecule has 2 aromatic rings. The molecule has 5 nitrogen and oxygen atoms in total. The normalized spacial score (nSPS) is 10.8. The van der Waals surface area contributed by atoms with Gasteiger partial charge >= 0.3 is 0 Å². The maximum atomic E-state index is 12.9. The van der Waals surface area contributed by atoms with Crippen molar-refractivity contribution in [2.45, 2.75) is 33.6 Å². The molecule has 0 aliphatic rings. The van der Waals surface area contributed by atoms with Crippen molar-refractivity contribution in [3.05, 3.63) is 47.3 Å². The highest BCUT2D eigenvalue weighted by Gasteiger charge is 2.23. The number of hydrogen-bond acceptors (Lipinski definition) is 4. The van der Waals surface area contributed by atoms with Crippen LogP contribution < -0.4 is 4.90 Å². The van der Waals surface area contributed by atoms with Crippen LogP contribution in [0.3, 0.4) is 0 Å². The zero-order chi connectivity index (χ0) is 17.1. The third-order valence-corrected chi connectivity index (χ3v) is 3.83. The number of rotatable bonds is 4. The van der Waals surface area contributed by atoms with Gasteiger partial charge in [-0.05, 0) is 43.5 Å². The topological polar surface area (TPSA) is 73.7 Å². The number of carbonyl (C=O) groups is 1. The minimum atomic E-state index is -0.317. The Morgan fingerprint density at radius 3 is 2.52 bits per heavy atom. The molecule has 0 saturated carbocycles. The number of hydrogen-bond donors (Lipinski definition) is 2. The Kier molecular flexibility index (Phi) is 4.89. The van der Waals surface area contributed by atoms with Gasteiger partial charge in [-0.2, -0.15) is 0 Å². The SMILES string of the molecule is CCN(C(=O)c1cc(C(C)C)c(O)cc1O)c1cccnc1C. The number of amides is 1. The van der Waals surface area contributed by atoms with Crippen LogP contribution in [0.25, 0.3) is 0 Å². The predicted molar refractivity (Wildman–Crippen MR) is 90.2 cm³/mol. The summed E-state index contributed by atoms with van der Waals surface area (Å²) in [5.74, 6) is -0.507. The van der Waals surface area contributed by atoms with E-state index in [9.17, 15) is 15.0 Å². The second-order valence-corrected chi connectivity index (χ2v) is 5.74. The lowest BCUT2D eigenvalue weighted by Crippen LogP contribution is -2.31. The Labute approximate surface area is 136 Å². The first kappa shape index (κ1) is 16.8. The molecule has 0 radical (unpaired) electrons. The van der Waals surface area contributed by atoms with Crippen molar-refractivity contribution in [2.75, 3.05) is 11.4 Å². The van der Waals surface area contributed by atoms with E-state index in [4.69, 9.17) is 0 Å². The fourth-order valence-electron chi connectivity index (χ4n) is 2.56. The first-order valence-electron chi connectivity index (χ1n) is 7.66. The Balaban J connectivity index is 2.50. The molecule has 0 aliphatic carbocycles. The Hall–Kier alpha value is -2.56. The van der Waals surface area contributed by atoms with E-state index < -0.39 is 0 Å². The number of phenols is 2. The lowest BCUT2D eigenvalue weighted by Gasteiger charge is -2.23. The van der Waals surface area contributed by atoms with Crippen LogP contribution in [0.5, 0.6) is 11.5 Å². The summed E-state index contributed by atoms with van der Waals surface area (Å²) in [5.41, 5.74) is 2.25. The van der Waals surface area contributed by atoms with E-state index in [0.717, 1.165) is 5.69 Å². The first-order valence-corrected chi connectivity index (χ1v) is 7.66. The monoisotopic (exact) mass is 314 g/mol. The van der Waals surface area contributed by atoms with Crippen LogP contribution in [0.2, 0.25) is 0 Å². The average Bonchev–Trinajstić information content (AvgIpc) is 2.49. The molecule has 0 saturated heterocycles. The van der Waals surface area contributed by atoms with Gasteiger partial charge in [0.15, 0.2) is 0 Å². The molecule has 1 heterocycles. The van der Waals surface area contributed by atoms with Gasteiger partial charge in [-0.25, -0.2) is 0 Å². The summed E-state index contributed by atoms with van der Waals surface area (Å²) >= 11 is 0. The van der Waals surface area contributed by atoms with E-state index >= 15 is 0 Å². The highest BCUT2D eigenvalue weighted by atomic mass is 16.3. The van der Waals surface area contributed by atoms with Gasteiger partial charge in [-0.3, -0.25) is 9.78 Å². The van der Waals surface area contributed by atoms with Crippen LogP contribution in [0.1, 0.15) is 48.3 Å². The van der Waals surface area contributed by atoms with Gasteiger partial charge in [0.2, 0.25) is 0 Å². The Morgan fingerprint density at radius 1 is 1.26 bits per heavy atom. The number of benzene rings is 1. The van der Waals surface area contributed by atoms with E-state index in [-0.39, 0.29) is 28.9 Å². The van der Waals surface area contributed by atoms with E-state index in [2.05, 4.69) is 4.98 Å². The van der Waals surface area contributed by atoms with Crippen molar-refractivity contribution in [1.82, 2.24) is 4.98 Å². The van der Waals surface area contributed by atoms with Crippen LogP contribution in [0.4, 0.5) is 5.69 Å². The fraction of sp³-hybridized carbons (Fsp3) is 0.333. The lowest BCUT2D eigenvalue weighted by molar-refractivity contribution is 0.0985. The first-order chi connectivity index (χ1) is 10.9. The summed E-state index contributed by atoms with van der Waals surface area (Å²) in [6, 6.07) is 6.39. The smallest absolute Gasteiger partial charge is 0.262 e. The summed E-state index contributed by atoms with van der Waals surface area (Å²) < 4.78 is 0. The second kappa shape index (κ2) is 6.69. The predicted octanol–water partition coefficient (Wildman–Crippen LogP) is 3.59. The summed E-state index contributed by atoms with van der Waals surface area (Å²) in [4.78, 5) is 18.7. The van der Waals surface area contributed by atoms with Crippen molar-refractivity contribution in [2.24, 2.45) is 0 Å². The maximum absolute atomic E-state index is 12.9. The molecule has 23 heavy (non-hydrogen) atoms. The van der Waals surface area contributed by atoms with E-state index in [1.165, 1.54) is 6.07 Å². The molecule has 2 N–H and O–H groups in total. The number of aromatic nitrogens is 1. The minimum absolute atomic E-state index is 0.00495. The van der Waals surface area contributed by atoms with Crippen LogP contribution in [0.15, 0.2) is 30.5 Å². The fourth-order valence-corrected chi connectivity index (χ4v) is 2.56. The van der Waals surface area contributed by atoms with Crippen LogP contribution in [0, 0.1) is 6.92 Å². The molecule has 122 valence electrons. The zero-order valence-corrected chi connectivity index (χ0v) is 13.9. The average molecular weight is 314 g/mol. The zero-order valence-electron chi connectivity index (χ0n) is 13.9. The summed E-state index contributed by atoms with van der Waals surface area (Å²) in [6.07, 6.45) is 1.67. The summed E-state index contributed by atoms with van der Waals surface area (Å²) in [5, 5.41) is 20.0. The lowest BCUT2D eigenvalue weighted by atomic mass is 9.98. The molecule has 0 atom stereocenters. The number of anilines is 1. The molecule has 0 bridgehead atoms. The quantitative estimate of drug-likeness (QED) is 0.904. The van der Waals surface area contributed by atoms with Gasteiger partial charge in [0.1, 0.15) is 11.5 Å². The molecule has 0 spiro atoms. The van der Waals surface area contributed by atoms with Crippen molar-refractivity contribution < 1.29 is 15.0 Å². The molecular formula is C18H22N2O3. The number of pyridine rings is 1. The highest BCUT2D eigenvalue weighted by Crippen LogP contribution is 2.33. The standard InChI is InChI=1S/C18H22N2O3/c1-5-20(15-7-6-8-19-12(15)4)18(23)14-9-13(11(2)3)16(21)10-17(14)22/h6-11,21-22H,5H2,1-4H3. The molecule has 0 fully saturated rings. The van der Waals surface area contributed by atoms with Gasteiger partial charge in [0.05, 0.1) is 16.9 Å². The second-order valence-electron chi connectivity index (χ2n) is 5.74. The van der Waals surface area contributed by atoms with Gasteiger partial charge < -0.3 is 15.1 Å². The molecule has 0 unspecified atom stereocenters. The number of phenolic OH excluding ortho intramolecular Hbond substituents is 2. The number of aromatic hydroxyl groups is 2. The van der Waals surface area contributed by atoms with E-state index in [1.807, 2.05) is 33.8 Å². The summed E-state index contributed by atoms with van der Waals surface area (Å²) in [7, 11) is 0. The third kappa shape index (κ3) is 3.28. The molecule has 5 heteroatoms. The number of carbonyl (C=O) groups excluding carboxylic acids is 1. The van der Waals surface area contributed by atoms with Crippen LogP contribution in [-0.4, -0.2) is 27.6 Å². The van der Waals surface area contributed by atoms with Gasteiger partial charge in [0, 0.05) is 18.8 Å². The Morgan fingerprint density at radius 2 is 1.96 bits per heavy atom.